The Hall–Kier alpha value is -1.95. The maximum Gasteiger partial charge on any atom is 0.269 e. The van der Waals surface area contributed by atoms with Crippen molar-refractivity contribution >= 4 is 11.6 Å². The van der Waals surface area contributed by atoms with Gasteiger partial charge in [0.15, 0.2) is 0 Å². The van der Waals surface area contributed by atoms with Crippen molar-refractivity contribution in [3.8, 4) is 0 Å². The molecule has 23 heavy (non-hydrogen) atoms. The number of carbonyl (C=O) groups is 1. The zero-order chi connectivity index (χ0) is 17.0. The smallest absolute Gasteiger partial charge is 0.268 e. The van der Waals surface area contributed by atoms with Crippen LogP contribution in [0.15, 0.2) is 24.3 Å². The lowest BCUT2D eigenvalue weighted by Gasteiger charge is -2.34. The molecule has 6 nitrogen and oxygen atoms in total. The zero-order valence-corrected chi connectivity index (χ0v) is 14.0. The van der Waals surface area contributed by atoms with Gasteiger partial charge in [-0.2, -0.15) is 0 Å². The number of rotatable bonds is 2. The number of benzene rings is 1. The SMILES string of the molecule is CC1(C)CCC2C1NN(C(=O)c1ccc([N+](=O)[O-])cc1)C2(C)C. The molecule has 0 spiro atoms. The molecule has 6 heteroatoms. The number of hydrogen-bond donors (Lipinski definition) is 1. The van der Waals surface area contributed by atoms with Crippen molar-refractivity contribution in [1.29, 1.82) is 0 Å². The number of hydrazine groups is 1. The highest BCUT2D eigenvalue weighted by molar-refractivity contribution is 5.94. The summed E-state index contributed by atoms with van der Waals surface area (Å²) >= 11 is 0. The van der Waals surface area contributed by atoms with Gasteiger partial charge in [0.05, 0.1) is 10.5 Å². The van der Waals surface area contributed by atoms with Gasteiger partial charge in [-0.05, 0) is 44.2 Å². The monoisotopic (exact) mass is 317 g/mol. The number of amides is 1. The molecule has 1 heterocycles. The maximum atomic E-state index is 12.9. The van der Waals surface area contributed by atoms with Crippen LogP contribution in [-0.2, 0) is 0 Å². The molecular formula is C17H23N3O3. The molecule has 0 bridgehead atoms. The summed E-state index contributed by atoms with van der Waals surface area (Å²) < 4.78 is 0. The highest BCUT2D eigenvalue weighted by Crippen LogP contribution is 2.51. The van der Waals surface area contributed by atoms with Crippen LogP contribution in [0.4, 0.5) is 5.69 Å². The first-order valence-electron chi connectivity index (χ1n) is 8.00. The number of nitrogens with one attached hydrogen (secondary N) is 1. The van der Waals surface area contributed by atoms with Crippen LogP contribution in [-0.4, -0.2) is 27.4 Å². The van der Waals surface area contributed by atoms with E-state index in [2.05, 4.69) is 33.1 Å². The minimum Gasteiger partial charge on any atom is -0.268 e. The van der Waals surface area contributed by atoms with E-state index in [1.807, 2.05) is 0 Å². The second-order valence-corrected chi connectivity index (χ2v) is 7.84. The molecule has 2 atom stereocenters. The highest BCUT2D eigenvalue weighted by Gasteiger charge is 2.57. The van der Waals surface area contributed by atoms with Crippen molar-refractivity contribution in [2.75, 3.05) is 0 Å². The lowest BCUT2D eigenvalue weighted by molar-refractivity contribution is -0.384. The first-order valence-corrected chi connectivity index (χ1v) is 8.00. The molecule has 0 aromatic heterocycles. The van der Waals surface area contributed by atoms with Gasteiger partial charge < -0.3 is 0 Å². The lowest BCUT2D eigenvalue weighted by Crippen LogP contribution is -2.51. The normalized spacial score (nSPS) is 27.7. The fourth-order valence-corrected chi connectivity index (χ4v) is 4.07. The van der Waals surface area contributed by atoms with Gasteiger partial charge in [-0.15, -0.1) is 0 Å². The predicted octanol–water partition coefficient (Wildman–Crippen LogP) is 3.14. The van der Waals surface area contributed by atoms with Crippen molar-refractivity contribution in [2.45, 2.75) is 52.1 Å². The van der Waals surface area contributed by atoms with Crippen LogP contribution >= 0.6 is 0 Å². The van der Waals surface area contributed by atoms with Crippen LogP contribution in [0.1, 0.15) is 50.9 Å². The number of non-ortho nitro benzene ring substituents is 1. The summed E-state index contributed by atoms with van der Waals surface area (Å²) in [6.45, 7) is 8.66. The van der Waals surface area contributed by atoms with Gasteiger partial charge in [0.25, 0.3) is 11.6 Å². The van der Waals surface area contributed by atoms with Crippen LogP contribution in [0.3, 0.4) is 0 Å². The number of nitro benzene ring substituents is 1. The molecule has 0 radical (unpaired) electrons. The molecule has 2 fully saturated rings. The van der Waals surface area contributed by atoms with E-state index in [9.17, 15) is 14.9 Å². The van der Waals surface area contributed by atoms with Crippen molar-refractivity contribution in [3.05, 3.63) is 39.9 Å². The summed E-state index contributed by atoms with van der Waals surface area (Å²) in [7, 11) is 0. The fourth-order valence-electron chi connectivity index (χ4n) is 4.07. The largest absolute Gasteiger partial charge is 0.269 e. The quantitative estimate of drug-likeness (QED) is 0.671. The molecular weight excluding hydrogens is 294 g/mol. The molecule has 1 aliphatic carbocycles. The van der Waals surface area contributed by atoms with Crippen molar-refractivity contribution in [2.24, 2.45) is 11.3 Å². The lowest BCUT2D eigenvalue weighted by atomic mass is 9.80. The van der Waals surface area contributed by atoms with Crippen LogP contribution in [0.2, 0.25) is 0 Å². The Morgan fingerprint density at radius 2 is 1.87 bits per heavy atom. The van der Waals surface area contributed by atoms with E-state index < -0.39 is 4.92 Å². The van der Waals surface area contributed by atoms with Crippen LogP contribution in [0, 0.1) is 21.4 Å². The third-order valence-electron chi connectivity index (χ3n) is 5.62. The highest BCUT2D eigenvalue weighted by atomic mass is 16.6. The average molecular weight is 317 g/mol. The topological polar surface area (TPSA) is 75.5 Å². The first kappa shape index (κ1) is 15.9. The van der Waals surface area contributed by atoms with Gasteiger partial charge in [-0.25, -0.2) is 5.43 Å². The molecule has 1 N–H and O–H groups in total. The standard InChI is InChI=1S/C17H23N3O3/c1-16(2)10-9-13-14(16)18-19(17(13,3)4)15(21)11-5-7-12(8-6-11)20(22)23/h5-8,13-14,18H,9-10H2,1-4H3. The summed E-state index contributed by atoms with van der Waals surface area (Å²) in [5.41, 5.74) is 3.76. The molecule has 1 aliphatic heterocycles. The minimum absolute atomic E-state index is 0.00630. The van der Waals surface area contributed by atoms with Crippen molar-refractivity contribution in [1.82, 2.24) is 10.4 Å². The number of carbonyl (C=O) groups excluding carboxylic acids is 1. The van der Waals surface area contributed by atoms with Crippen LogP contribution < -0.4 is 5.43 Å². The fraction of sp³-hybridized carbons (Fsp3) is 0.588. The molecule has 1 saturated heterocycles. The van der Waals surface area contributed by atoms with E-state index in [1.54, 1.807) is 5.01 Å². The van der Waals surface area contributed by atoms with Gasteiger partial charge in [-0.1, -0.05) is 13.8 Å². The number of nitro groups is 1. The molecule has 1 aromatic rings. The van der Waals surface area contributed by atoms with E-state index in [-0.39, 0.29) is 28.6 Å². The Kier molecular flexibility index (Phi) is 3.48. The number of fused-ring (bicyclic) bond motifs is 1. The van der Waals surface area contributed by atoms with Gasteiger partial charge in [-0.3, -0.25) is 19.9 Å². The molecule has 1 saturated carbocycles. The van der Waals surface area contributed by atoms with E-state index >= 15 is 0 Å². The molecule has 2 aliphatic rings. The second-order valence-electron chi connectivity index (χ2n) is 7.84. The second kappa shape index (κ2) is 5.03. The van der Waals surface area contributed by atoms with Gasteiger partial charge in [0.2, 0.25) is 0 Å². The van der Waals surface area contributed by atoms with E-state index in [1.165, 1.54) is 24.3 Å². The van der Waals surface area contributed by atoms with E-state index in [4.69, 9.17) is 0 Å². The molecule has 1 aromatic carbocycles. The Balaban J connectivity index is 1.87. The minimum atomic E-state index is -0.459. The van der Waals surface area contributed by atoms with E-state index in [0.717, 1.165) is 12.8 Å². The third kappa shape index (κ3) is 2.41. The van der Waals surface area contributed by atoms with E-state index in [0.29, 0.717) is 11.5 Å². The Bertz CT molecular complexity index is 652. The number of nitrogens with zero attached hydrogens (tertiary/aromatic N) is 2. The molecule has 1 amide bonds. The summed E-state index contributed by atoms with van der Waals surface area (Å²) in [4.78, 5) is 23.2. The zero-order valence-electron chi connectivity index (χ0n) is 14.0. The molecule has 2 unspecified atom stereocenters. The Labute approximate surface area is 136 Å². The molecule has 3 rings (SSSR count). The van der Waals surface area contributed by atoms with Gasteiger partial charge in [0, 0.05) is 29.7 Å². The summed E-state index contributed by atoms with van der Waals surface area (Å²) in [6.07, 6.45) is 2.25. The predicted molar refractivity (Wildman–Crippen MR) is 86.8 cm³/mol. The Morgan fingerprint density at radius 1 is 1.26 bits per heavy atom. The summed E-state index contributed by atoms with van der Waals surface area (Å²) in [5, 5.41) is 12.5. The Morgan fingerprint density at radius 3 is 2.39 bits per heavy atom. The van der Waals surface area contributed by atoms with Crippen LogP contribution in [0.25, 0.3) is 0 Å². The first-order chi connectivity index (χ1) is 10.6. The summed E-state index contributed by atoms with van der Waals surface area (Å²) in [6, 6.07) is 6.08. The third-order valence-corrected chi connectivity index (χ3v) is 5.62. The van der Waals surface area contributed by atoms with Gasteiger partial charge in [0.1, 0.15) is 0 Å². The van der Waals surface area contributed by atoms with Crippen molar-refractivity contribution in [3.63, 3.8) is 0 Å². The van der Waals surface area contributed by atoms with Gasteiger partial charge >= 0.3 is 0 Å². The maximum absolute atomic E-state index is 12.9. The summed E-state index contributed by atoms with van der Waals surface area (Å²) in [5.74, 6) is 0.287. The average Bonchev–Trinajstić information content (AvgIpc) is 2.93. The molecule has 124 valence electrons. The number of hydrogen-bond acceptors (Lipinski definition) is 4. The van der Waals surface area contributed by atoms with Crippen molar-refractivity contribution < 1.29 is 9.72 Å². The van der Waals surface area contributed by atoms with Crippen LogP contribution in [0.5, 0.6) is 0 Å².